The number of hydrogen-bond acceptors (Lipinski definition) is 5. The van der Waals surface area contributed by atoms with E-state index >= 15 is 0 Å². The maximum absolute atomic E-state index is 12.4. The molecule has 0 saturated carbocycles. The number of benzene rings is 1. The zero-order valence-electron chi connectivity index (χ0n) is 12.5. The number of fused-ring (bicyclic) bond motifs is 1. The highest BCUT2D eigenvalue weighted by atomic mass is 16.2. The van der Waals surface area contributed by atoms with Crippen molar-refractivity contribution in [2.24, 2.45) is 0 Å². The Morgan fingerprint density at radius 3 is 2.87 bits per heavy atom. The SMILES string of the molecule is CC(C(=O)NCc1cccnc1)n1nnc2ccccc2c1=O. The fourth-order valence-corrected chi connectivity index (χ4v) is 2.21. The molecule has 2 aromatic heterocycles. The number of carbonyl (C=O) groups is 1. The first-order chi connectivity index (χ1) is 11.2. The Labute approximate surface area is 132 Å². The molecule has 1 N–H and O–H groups in total. The van der Waals surface area contributed by atoms with Crippen molar-refractivity contribution in [3.05, 3.63) is 64.7 Å². The van der Waals surface area contributed by atoms with Gasteiger partial charge in [-0.1, -0.05) is 23.4 Å². The van der Waals surface area contributed by atoms with Gasteiger partial charge in [0.1, 0.15) is 11.6 Å². The van der Waals surface area contributed by atoms with Crippen LogP contribution in [-0.2, 0) is 11.3 Å². The van der Waals surface area contributed by atoms with Crippen LogP contribution in [0.15, 0.2) is 53.6 Å². The van der Waals surface area contributed by atoms with Crippen molar-refractivity contribution >= 4 is 16.8 Å². The molecule has 0 radical (unpaired) electrons. The zero-order valence-corrected chi connectivity index (χ0v) is 12.5. The zero-order chi connectivity index (χ0) is 16.2. The number of nitrogens with one attached hydrogen (secondary N) is 1. The van der Waals surface area contributed by atoms with Crippen molar-refractivity contribution in [2.45, 2.75) is 19.5 Å². The Bertz CT molecular complexity index is 892. The van der Waals surface area contributed by atoms with Crippen LogP contribution in [0.3, 0.4) is 0 Å². The Hall–Kier alpha value is -3.09. The lowest BCUT2D eigenvalue weighted by Crippen LogP contribution is -2.37. The molecule has 0 saturated heterocycles. The minimum absolute atomic E-state index is 0.305. The van der Waals surface area contributed by atoms with Gasteiger partial charge in [0.2, 0.25) is 5.91 Å². The van der Waals surface area contributed by atoms with Crippen LogP contribution < -0.4 is 10.9 Å². The third-order valence-corrected chi connectivity index (χ3v) is 3.53. The Morgan fingerprint density at radius 1 is 1.26 bits per heavy atom. The maximum Gasteiger partial charge on any atom is 0.278 e. The molecular weight excluding hydrogens is 294 g/mol. The molecule has 0 fully saturated rings. The summed E-state index contributed by atoms with van der Waals surface area (Å²) in [6.07, 6.45) is 3.34. The number of nitrogens with zero attached hydrogens (tertiary/aromatic N) is 4. The van der Waals surface area contributed by atoms with E-state index in [4.69, 9.17) is 0 Å². The number of hydrogen-bond donors (Lipinski definition) is 1. The summed E-state index contributed by atoms with van der Waals surface area (Å²) < 4.78 is 1.10. The molecule has 3 aromatic rings. The van der Waals surface area contributed by atoms with E-state index in [1.165, 1.54) is 0 Å². The fraction of sp³-hybridized carbons (Fsp3) is 0.188. The first kappa shape index (κ1) is 14.8. The van der Waals surface area contributed by atoms with E-state index in [9.17, 15) is 9.59 Å². The first-order valence-electron chi connectivity index (χ1n) is 7.17. The summed E-state index contributed by atoms with van der Waals surface area (Å²) in [5.41, 5.74) is 1.06. The second-order valence-electron chi connectivity index (χ2n) is 5.11. The monoisotopic (exact) mass is 309 g/mol. The second-order valence-corrected chi connectivity index (χ2v) is 5.11. The summed E-state index contributed by atoms with van der Waals surface area (Å²) in [4.78, 5) is 28.7. The van der Waals surface area contributed by atoms with Crippen LogP contribution in [-0.4, -0.2) is 25.9 Å². The molecule has 1 unspecified atom stereocenters. The number of pyridine rings is 1. The molecule has 0 aliphatic heterocycles. The molecule has 0 aliphatic rings. The van der Waals surface area contributed by atoms with Crippen molar-refractivity contribution in [3.8, 4) is 0 Å². The smallest absolute Gasteiger partial charge is 0.278 e. The molecular formula is C16H15N5O2. The van der Waals surface area contributed by atoms with Crippen LogP contribution in [0.25, 0.3) is 10.9 Å². The maximum atomic E-state index is 12.4. The average molecular weight is 309 g/mol. The standard InChI is InChI=1S/C16H15N5O2/c1-11(15(22)18-10-12-5-4-8-17-9-12)21-16(23)13-6-2-3-7-14(13)19-20-21/h2-9,11H,10H2,1H3,(H,18,22). The minimum Gasteiger partial charge on any atom is -0.350 e. The average Bonchev–Trinajstić information content (AvgIpc) is 2.60. The normalized spacial score (nSPS) is 12.0. The summed E-state index contributed by atoms with van der Waals surface area (Å²) in [6.45, 7) is 1.95. The molecule has 7 nitrogen and oxygen atoms in total. The summed E-state index contributed by atoms with van der Waals surface area (Å²) in [7, 11) is 0. The van der Waals surface area contributed by atoms with Crippen molar-refractivity contribution < 1.29 is 4.79 Å². The Balaban J connectivity index is 1.80. The quantitative estimate of drug-likeness (QED) is 0.778. The van der Waals surface area contributed by atoms with Crippen LogP contribution in [0.5, 0.6) is 0 Å². The molecule has 1 atom stereocenters. The van der Waals surface area contributed by atoms with Gasteiger partial charge in [-0.05, 0) is 30.7 Å². The fourth-order valence-electron chi connectivity index (χ4n) is 2.21. The molecule has 7 heteroatoms. The molecule has 3 rings (SSSR count). The topological polar surface area (TPSA) is 89.8 Å². The third kappa shape index (κ3) is 3.08. The van der Waals surface area contributed by atoms with Gasteiger partial charge in [0.05, 0.1) is 5.39 Å². The van der Waals surface area contributed by atoms with E-state index in [0.717, 1.165) is 10.2 Å². The summed E-state index contributed by atoms with van der Waals surface area (Å²) >= 11 is 0. The van der Waals surface area contributed by atoms with Gasteiger partial charge in [-0.2, -0.15) is 4.68 Å². The number of amides is 1. The second kappa shape index (κ2) is 6.35. The molecule has 1 amide bonds. The van der Waals surface area contributed by atoms with Crippen LogP contribution in [0.4, 0.5) is 0 Å². The molecule has 23 heavy (non-hydrogen) atoms. The molecule has 116 valence electrons. The van der Waals surface area contributed by atoms with E-state index in [1.807, 2.05) is 6.07 Å². The summed E-state index contributed by atoms with van der Waals surface area (Å²) in [5, 5.41) is 11.1. The van der Waals surface area contributed by atoms with Gasteiger partial charge in [-0.25, -0.2) is 0 Å². The summed E-state index contributed by atoms with van der Waals surface area (Å²) in [5.74, 6) is -0.305. The van der Waals surface area contributed by atoms with E-state index in [-0.39, 0.29) is 11.5 Å². The van der Waals surface area contributed by atoms with Gasteiger partial charge in [0.25, 0.3) is 5.56 Å². The van der Waals surface area contributed by atoms with Crippen LogP contribution in [0, 0.1) is 0 Å². The van der Waals surface area contributed by atoms with Crippen molar-refractivity contribution in [2.75, 3.05) is 0 Å². The van der Waals surface area contributed by atoms with Gasteiger partial charge in [-0.3, -0.25) is 14.6 Å². The molecule has 2 heterocycles. The lowest BCUT2D eigenvalue weighted by atomic mass is 10.2. The van der Waals surface area contributed by atoms with E-state index in [1.54, 1.807) is 49.6 Å². The highest BCUT2D eigenvalue weighted by Gasteiger charge is 2.18. The molecule has 0 bridgehead atoms. The highest BCUT2D eigenvalue weighted by molar-refractivity contribution is 5.81. The van der Waals surface area contributed by atoms with Gasteiger partial charge in [0, 0.05) is 18.9 Å². The van der Waals surface area contributed by atoms with E-state index < -0.39 is 6.04 Å². The number of aromatic nitrogens is 4. The van der Waals surface area contributed by atoms with E-state index in [2.05, 4.69) is 20.6 Å². The first-order valence-corrected chi connectivity index (χ1v) is 7.17. The predicted molar refractivity (Wildman–Crippen MR) is 84.6 cm³/mol. The lowest BCUT2D eigenvalue weighted by Gasteiger charge is -2.13. The molecule has 0 aliphatic carbocycles. The number of rotatable bonds is 4. The van der Waals surface area contributed by atoms with Crippen molar-refractivity contribution in [1.82, 2.24) is 25.3 Å². The molecule has 1 aromatic carbocycles. The highest BCUT2D eigenvalue weighted by Crippen LogP contribution is 2.07. The summed E-state index contributed by atoms with van der Waals surface area (Å²) in [6, 6.07) is 9.82. The van der Waals surface area contributed by atoms with Gasteiger partial charge in [0.15, 0.2) is 0 Å². The van der Waals surface area contributed by atoms with Gasteiger partial charge in [-0.15, -0.1) is 5.10 Å². The molecule has 0 spiro atoms. The predicted octanol–water partition coefficient (Wildman–Crippen LogP) is 1.06. The third-order valence-electron chi connectivity index (χ3n) is 3.53. The van der Waals surface area contributed by atoms with Crippen molar-refractivity contribution in [1.29, 1.82) is 0 Å². The minimum atomic E-state index is -0.753. The van der Waals surface area contributed by atoms with Crippen LogP contribution >= 0.6 is 0 Å². The Morgan fingerprint density at radius 2 is 2.09 bits per heavy atom. The largest absolute Gasteiger partial charge is 0.350 e. The van der Waals surface area contributed by atoms with Crippen LogP contribution in [0.1, 0.15) is 18.5 Å². The van der Waals surface area contributed by atoms with Crippen LogP contribution in [0.2, 0.25) is 0 Å². The van der Waals surface area contributed by atoms with Crippen molar-refractivity contribution in [3.63, 3.8) is 0 Å². The van der Waals surface area contributed by atoms with Gasteiger partial charge < -0.3 is 5.32 Å². The Kier molecular flexibility index (Phi) is 4.09. The lowest BCUT2D eigenvalue weighted by molar-refractivity contribution is -0.124. The number of carbonyl (C=O) groups excluding carboxylic acids is 1. The van der Waals surface area contributed by atoms with E-state index in [0.29, 0.717) is 17.4 Å². The van der Waals surface area contributed by atoms with Gasteiger partial charge >= 0.3 is 0 Å².